The molecule has 0 spiro atoms. The van der Waals surface area contributed by atoms with Crippen molar-refractivity contribution >= 4 is 17.5 Å². The van der Waals surface area contributed by atoms with Crippen LogP contribution in [-0.4, -0.2) is 23.4 Å². The zero-order chi connectivity index (χ0) is 15.2. The third kappa shape index (κ3) is 5.04. The molecule has 0 heterocycles. The molecule has 1 N–H and O–H groups in total. The molecule has 0 saturated heterocycles. The number of amides is 1. The number of rotatable bonds is 7. The molecule has 0 radical (unpaired) electrons. The molecule has 1 unspecified atom stereocenters. The topological polar surface area (TPSA) is 38.3 Å². The van der Waals surface area contributed by atoms with Crippen molar-refractivity contribution in [1.82, 2.24) is 5.32 Å². The van der Waals surface area contributed by atoms with Crippen LogP contribution < -0.4 is 10.1 Å². The molecule has 1 atom stereocenters. The maximum absolute atomic E-state index is 12.3. The van der Waals surface area contributed by atoms with Crippen molar-refractivity contribution in [3.63, 3.8) is 0 Å². The Morgan fingerprint density at radius 1 is 1.45 bits per heavy atom. The van der Waals surface area contributed by atoms with Crippen LogP contribution in [-0.2, 0) is 0 Å². The van der Waals surface area contributed by atoms with Gasteiger partial charge in [0.1, 0.15) is 5.75 Å². The average molecular weight is 298 g/mol. The van der Waals surface area contributed by atoms with Crippen LogP contribution in [0.3, 0.4) is 0 Å². The molecule has 0 fully saturated rings. The molecule has 0 bridgehead atoms. The molecule has 0 aliphatic heterocycles. The molecule has 1 aromatic carbocycles. The largest absolute Gasteiger partial charge is 0.491 e. The Hall–Kier alpha value is -1.22. The average Bonchev–Trinajstić information content (AvgIpc) is 2.38. The van der Waals surface area contributed by atoms with Gasteiger partial charge in [-0.1, -0.05) is 13.0 Å². The summed E-state index contributed by atoms with van der Waals surface area (Å²) in [5.41, 5.74) is 0.339. The van der Waals surface area contributed by atoms with Gasteiger partial charge in [-0.25, -0.2) is 0 Å². The van der Waals surface area contributed by atoms with Crippen LogP contribution in [0.5, 0.6) is 5.75 Å². The second kappa shape index (κ2) is 7.53. The lowest BCUT2D eigenvalue weighted by Gasteiger charge is -2.29. The van der Waals surface area contributed by atoms with Crippen molar-refractivity contribution < 1.29 is 9.53 Å². The first kappa shape index (κ1) is 16.8. The molecule has 1 amide bonds. The summed E-state index contributed by atoms with van der Waals surface area (Å²) >= 11 is 5.81. The highest BCUT2D eigenvalue weighted by Crippen LogP contribution is 2.19. The zero-order valence-corrected chi connectivity index (χ0v) is 13.5. The minimum Gasteiger partial charge on any atom is -0.491 e. The van der Waals surface area contributed by atoms with E-state index in [1.807, 2.05) is 39.8 Å². The third-order valence-corrected chi connectivity index (χ3v) is 3.50. The number of ether oxygens (including phenoxy) is 1. The summed E-state index contributed by atoms with van der Waals surface area (Å²) < 4.78 is 5.61. The third-order valence-electron chi connectivity index (χ3n) is 3.31. The molecule has 0 saturated carbocycles. The summed E-state index contributed by atoms with van der Waals surface area (Å²) in [5.74, 6) is 1.15. The number of carbonyl (C=O) groups excluding carboxylic acids is 1. The minimum atomic E-state index is -0.270. The smallest absolute Gasteiger partial charge is 0.251 e. The summed E-state index contributed by atoms with van der Waals surface area (Å²) in [6.45, 7) is 7.98. The Morgan fingerprint density at radius 3 is 2.70 bits per heavy atom. The van der Waals surface area contributed by atoms with Crippen molar-refractivity contribution in [2.24, 2.45) is 0 Å². The Balaban J connectivity index is 2.81. The van der Waals surface area contributed by atoms with Gasteiger partial charge in [0.15, 0.2) is 0 Å². The molecule has 0 aromatic heterocycles. The summed E-state index contributed by atoms with van der Waals surface area (Å²) in [5, 5.41) is 3.06. The van der Waals surface area contributed by atoms with E-state index in [2.05, 4.69) is 5.32 Å². The first-order valence-corrected chi connectivity index (χ1v) is 7.59. The van der Waals surface area contributed by atoms with E-state index in [-0.39, 0.29) is 17.6 Å². The van der Waals surface area contributed by atoms with E-state index < -0.39 is 0 Å². The number of hydrogen-bond acceptors (Lipinski definition) is 2. The standard InChI is InChI=1S/C16H24ClNO2/c1-5-16(4,9-10-17)18-15(19)13-7-6-8-14(11-13)20-12(2)3/h6-8,11-12H,5,9-10H2,1-4H3,(H,18,19). The van der Waals surface area contributed by atoms with Crippen molar-refractivity contribution in [1.29, 1.82) is 0 Å². The highest BCUT2D eigenvalue weighted by atomic mass is 35.5. The normalized spacial score (nSPS) is 13.9. The van der Waals surface area contributed by atoms with E-state index in [1.54, 1.807) is 12.1 Å². The maximum Gasteiger partial charge on any atom is 0.251 e. The predicted octanol–water partition coefficient (Wildman–Crippen LogP) is 4.00. The van der Waals surface area contributed by atoms with Gasteiger partial charge in [-0.15, -0.1) is 11.6 Å². The molecule has 1 aromatic rings. The van der Waals surface area contributed by atoms with E-state index in [0.717, 1.165) is 12.8 Å². The van der Waals surface area contributed by atoms with Gasteiger partial charge in [0, 0.05) is 17.0 Å². The summed E-state index contributed by atoms with van der Waals surface area (Å²) in [4.78, 5) is 12.3. The lowest BCUT2D eigenvalue weighted by atomic mass is 9.95. The Kier molecular flexibility index (Phi) is 6.34. The molecule has 20 heavy (non-hydrogen) atoms. The first-order valence-electron chi connectivity index (χ1n) is 7.05. The Labute approximate surface area is 126 Å². The second-order valence-corrected chi connectivity index (χ2v) is 5.88. The molecule has 3 nitrogen and oxygen atoms in total. The van der Waals surface area contributed by atoms with Crippen molar-refractivity contribution in [3.05, 3.63) is 29.8 Å². The van der Waals surface area contributed by atoms with Crippen molar-refractivity contribution in [2.45, 2.75) is 52.2 Å². The number of halogens is 1. The Morgan fingerprint density at radius 2 is 2.15 bits per heavy atom. The highest BCUT2D eigenvalue weighted by molar-refractivity contribution is 6.17. The summed E-state index contributed by atoms with van der Waals surface area (Å²) in [6, 6.07) is 7.25. The highest BCUT2D eigenvalue weighted by Gasteiger charge is 2.24. The van der Waals surface area contributed by atoms with Crippen LogP contribution in [0.25, 0.3) is 0 Å². The molecular weight excluding hydrogens is 274 g/mol. The van der Waals surface area contributed by atoms with Crippen LogP contribution in [0, 0.1) is 0 Å². The van der Waals surface area contributed by atoms with E-state index in [1.165, 1.54) is 0 Å². The molecule has 0 aliphatic carbocycles. The van der Waals surface area contributed by atoms with Crippen LogP contribution in [0.2, 0.25) is 0 Å². The summed E-state index contributed by atoms with van der Waals surface area (Å²) in [6.07, 6.45) is 1.68. The van der Waals surface area contributed by atoms with Gasteiger partial charge in [-0.3, -0.25) is 4.79 Å². The first-order chi connectivity index (χ1) is 9.40. The molecular formula is C16H24ClNO2. The summed E-state index contributed by atoms with van der Waals surface area (Å²) in [7, 11) is 0. The number of carbonyl (C=O) groups is 1. The van der Waals surface area contributed by atoms with Gasteiger partial charge in [0.05, 0.1) is 6.10 Å². The van der Waals surface area contributed by atoms with Gasteiger partial charge < -0.3 is 10.1 Å². The molecule has 112 valence electrons. The minimum absolute atomic E-state index is 0.0884. The van der Waals surface area contributed by atoms with Crippen molar-refractivity contribution in [2.75, 3.05) is 5.88 Å². The monoisotopic (exact) mass is 297 g/mol. The van der Waals surface area contributed by atoms with Crippen molar-refractivity contribution in [3.8, 4) is 5.75 Å². The van der Waals surface area contributed by atoms with Crippen LogP contribution >= 0.6 is 11.6 Å². The number of alkyl halides is 1. The Bertz CT molecular complexity index is 448. The van der Waals surface area contributed by atoms with Gasteiger partial charge in [0.25, 0.3) is 5.91 Å². The number of benzene rings is 1. The molecule has 0 aliphatic rings. The van der Waals surface area contributed by atoms with Crippen LogP contribution in [0.1, 0.15) is 50.9 Å². The molecule has 1 rings (SSSR count). The lowest BCUT2D eigenvalue weighted by molar-refractivity contribution is 0.0900. The second-order valence-electron chi connectivity index (χ2n) is 5.50. The SMILES string of the molecule is CCC(C)(CCCl)NC(=O)c1cccc(OC(C)C)c1. The van der Waals surface area contributed by atoms with E-state index in [4.69, 9.17) is 16.3 Å². The van der Waals surface area contributed by atoms with Crippen LogP contribution in [0.4, 0.5) is 0 Å². The van der Waals surface area contributed by atoms with Gasteiger partial charge in [-0.2, -0.15) is 0 Å². The van der Waals surface area contributed by atoms with E-state index >= 15 is 0 Å². The van der Waals surface area contributed by atoms with Crippen LogP contribution in [0.15, 0.2) is 24.3 Å². The van der Waals surface area contributed by atoms with Gasteiger partial charge >= 0.3 is 0 Å². The zero-order valence-electron chi connectivity index (χ0n) is 12.7. The quantitative estimate of drug-likeness (QED) is 0.773. The van der Waals surface area contributed by atoms with E-state index in [9.17, 15) is 4.79 Å². The fourth-order valence-electron chi connectivity index (χ4n) is 1.87. The number of hydrogen-bond donors (Lipinski definition) is 1. The lowest BCUT2D eigenvalue weighted by Crippen LogP contribution is -2.45. The molecule has 4 heteroatoms. The number of nitrogens with one attached hydrogen (secondary N) is 1. The fraction of sp³-hybridized carbons (Fsp3) is 0.562. The van der Waals surface area contributed by atoms with Gasteiger partial charge in [-0.05, 0) is 51.8 Å². The van der Waals surface area contributed by atoms with E-state index in [0.29, 0.717) is 17.2 Å². The predicted molar refractivity (Wildman–Crippen MR) is 83.7 cm³/mol. The van der Waals surface area contributed by atoms with Gasteiger partial charge in [0.2, 0.25) is 0 Å². The maximum atomic E-state index is 12.3. The fourth-order valence-corrected chi connectivity index (χ4v) is 2.28.